The number of hydrogen-bond acceptors (Lipinski definition) is 5. The number of piperidine rings is 1. The van der Waals surface area contributed by atoms with E-state index in [1.807, 2.05) is 20.2 Å². The van der Waals surface area contributed by atoms with Gasteiger partial charge in [0.2, 0.25) is 0 Å². The standard InChI is InChI=1S/C17H25N5OS/c1-4-9-22(14-5-7-18-8-6-14)17(23)15-12(2)20-16(24-15)13-10-19-21(3)11-13/h10-11,14,18H,4-9H2,1-3H3. The topological polar surface area (TPSA) is 63.1 Å². The fourth-order valence-electron chi connectivity index (χ4n) is 3.19. The Morgan fingerprint density at radius 2 is 2.21 bits per heavy atom. The Bertz CT molecular complexity index is 702. The predicted octanol–water partition coefficient (Wildman–Crippen LogP) is 2.46. The number of aromatic nitrogens is 3. The summed E-state index contributed by atoms with van der Waals surface area (Å²) in [7, 11) is 1.89. The summed E-state index contributed by atoms with van der Waals surface area (Å²) in [5.41, 5.74) is 1.78. The van der Waals surface area contributed by atoms with Crippen LogP contribution in [0.15, 0.2) is 12.4 Å². The van der Waals surface area contributed by atoms with Crippen LogP contribution in [0.25, 0.3) is 10.6 Å². The van der Waals surface area contributed by atoms with Crippen LogP contribution in [0.4, 0.5) is 0 Å². The molecule has 1 saturated heterocycles. The number of hydrogen-bond donors (Lipinski definition) is 1. The van der Waals surface area contributed by atoms with E-state index in [9.17, 15) is 4.79 Å². The Hall–Kier alpha value is -1.73. The number of carbonyl (C=O) groups excluding carboxylic acids is 1. The first-order chi connectivity index (χ1) is 11.6. The molecule has 1 aliphatic heterocycles. The molecule has 0 unspecified atom stereocenters. The molecule has 0 radical (unpaired) electrons. The SMILES string of the molecule is CCCN(C(=O)c1sc(-c2cnn(C)c2)nc1C)C1CCNCC1. The molecule has 1 amide bonds. The van der Waals surface area contributed by atoms with Crippen molar-refractivity contribution in [2.24, 2.45) is 7.05 Å². The van der Waals surface area contributed by atoms with Crippen molar-refractivity contribution in [3.05, 3.63) is 23.0 Å². The highest BCUT2D eigenvalue weighted by Gasteiger charge is 2.28. The number of amides is 1. The number of aryl methyl sites for hydroxylation is 2. The third kappa shape index (κ3) is 3.52. The van der Waals surface area contributed by atoms with Crippen LogP contribution in [0.3, 0.4) is 0 Å². The molecule has 7 heteroatoms. The Labute approximate surface area is 146 Å². The van der Waals surface area contributed by atoms with E-state index in [0.29, 0.717) is 6.04 Å². The van der Waals surface area contributed by atoms with Crippen LogP contribution in [0.2, 0.25) is 0 Å². The minimum atomic E-state index is 0.133. The molecule has 0 spiro atoms. The van der Waals surface area contributed by atoms with Crippen LogP contribution in [0.1, 0.15) is 41.6 Å². The van der Waals surface area contributed by atoms with Gasteiger partial charge >= 0.3 is 0 Å². The highest BCUT2D eigenvalue weighted by Crippen LogP contribution is 2.29. The number of thiazole rings is 1. The van der Waals surface area contributed by atoms with Gasteiger partial charge in [-0.15, -0.1) is 11.3 Å². The molecule has 0 atom stereocenters. The van der Waals surface area contributed by atoms with Gasteiger partial charge in [-0.3, -0.25) is 9.48 Å². The third-order valence-corrected chi connectivity index (χ3v) is 5.61. The van der Waals surface area contributed by atoms with Crippen LogP contribution < -0.4 is 5.32 Å². The zero-order valence-electron chi connectivity index (χ0n) is 14.6. The summed E-state index contributed by atoms with van der Waals surface area (Å²) in [5, 5.41) is 8.43. The summed E-state index contributed by atoms with van der Waals surface area (Å²) in [6, 6.07) is 0.335. The quantitative estimate of drug-likeness (QED) is 0.902. The van der Waals surface area contributed by atoms with Crippen molar-refractivity contribution in [2.45, 2.75) is 39.2 Å². The summed E-state index contributed by atoms with van der Waals surface area (Å²) in [5.74, 6) is 0.133. The number of nitrogens with zero attached hydrogens (tertiary/aromatic N) is 4. The van der Waals surface area contributed by atoms with Crippen molar-refractivity contribution < 1.29 is 4.79 Å². The first kappa shape index (κ1) is 17.1. The summed E-state index contributed by atoms with van der Waals surface area (Å²) in [6.07, 6.45) is 6.76. The van der Waals surface area contributed by atoms with Crippen molar-refractivity contribution in [3.8, 4) is 10.6 Å². The second kappa shape index (κ2) is 7.44. The maximum atomic E-state index is 13.2. The second-order valence-corrected chi connectivity index (χ2v) is 7.32. The van der Waals surface area contributed by atoms with Gasteiger partial charge in [0, 0.05) is 31.4 Å². The van der Waals surface area contributed by atoms with Crippen molar-refractivity contribution in [2.75, 3.05) is 19.6 Å². The van der Waals surface area contributed by atoms with E-state index < -0.39 is 0 Å². The lowest BCUT2D eigenvalue weighted by atomic mass is 10.0. The van der Waals surface area contributed by atoms with E-state index in [0.717, 1.165) is 60.0 Å². The van der Waals surface area contributed by atoms with Gasteiger partial charge in [0.15, 0.2) is 0 Å². The molecule has 130 valence electrons. The Morgan fingerprint density at radius 3 is 2.83 bits per heavy atom. The van der Waals surface area contributed by atoms with Crippen LogP contribution in [-0.4, -0.2) is 51.2 Å². The molecule has 0 bridgehead atoms. The van der Waals surface area contributed by atoms with Crippen molar-refractivity contribution in [1.82, 2.24) is 25.0 Å². The van der Waals surface area contributed by atoms with E-state index >= 15 is 0 Å². The molecule has 2 aromatic rings. The van der Waals surface area contributed by atoms with E-state index in [-0.39, 0.29) is 5.91 Å². The van der Waals surface area contributed by atoms with E-state index in [2.05, 4.69) is 27.2 Å². The van der Waals surface area contributed by atoms with Gasteiger partial charge in [-0.05, 0) is 39.3 Å². The van der Waals surface area contributed by atoms with Gasteiger partial charge in [0.25, 0.3) is 5.91 Å². The van der Waals surface area contributed by atoms with Crippen molar-refractivity contribution >= 4 is 17.2 Å². The molecule has 1 aliphatic rings. The molecule has 24 heavy (non-hydrogen) atoms. The number of nitrogens with one attached hydrogen (secondary N) is 1. The molecule has 3 rings (SSSR count). The lowest BCUT2D eigenvalue weighted by Crippen LogP contribution is -2.46. The average Bonchev–Trinajstić information content (AvgIpc) is 3.18. The third-order valence-electron chi connectivity index (χ3n) is 4.42. The lowest BCUT2D eigenvalue weighted by molar-refractivity contribution is 0.0646. The first-order valence-corrected chi connectivity index (χ1v) is 9.40. The van der Waals surface area contributed by atoms with E-state index in [1.165, 1.54) is 11.3 Å². The molecule has 6 nitrogen and oxygen atoms in total. The van der Waals surface area contributed by atoms with Gasteiger partial charge in [-0.2, -0.15) is 5.10 Å². The summed E-state index contributed by atoms with van der Waals surface area (Å²) in [6.45, 7) is 6.84. The molecular formula is C17H25N5OS. The number of carbonyl (C=O) groups is 1. The number of rotatable bonds is 5. The first-order valence-electron chi connectivity index (χ1n) is 8.58. The Kier molecular flexibility index (Phi) is 5.30. The van der Waals surface area contributed by atoms with Crippen LogP contribution in [0, 0.1) is 6.92 Å². The van der Waals surface area contributed by atoms with Crippen molar-refractivity contribution in [1.29, 1.82) is 0 Å². The van der Waals surface area contributed by atoms with Gasteiger partial charge in [-0.25, -0.2) is 4.98 Å². The largest absolute Gasteiger partial charge is 0.335 e. The van der Waals surface area contributed by atoms with Crippen molar-refractivity contribution in [3.63, 3.8) is 0 Å². The van der Waals surface area contributed by atoms with Crippen LogP contribution in [0.5, 0.6) is 0 Å². The summed E-state index contributed by atoms with van der Waals surface area (Å²) in [4.78, 5) is 20.6. The van der Waals surface area contributed by atoms with Crippen LogP contribution >= 0.6 is 11.3 Å². The second-order valence-electron chi connectivity index (χ2n) is 6.32. The fourth-order valence-corrected chi connectivity index (χ4v) is 4.19. The predicted molar refractivity (Wildman–Crippen MR) is 96.3 cm³/mol. The smallest absolute Gasteiger partial charge is 0.266 e. The molecule has 1 N–H and O–H groups in total. The van der Waals surface area contributed by atoms with Gasteiger partial charge in [0.05, 0.1) is 11.9 Å². The van der Waals surface area contributed by atoms with E-state index in [1.54, 1.807) is 10.9 Å². The fraction of sp³-hybridized carbons (Fsp3) is 0.588. The zero-order chi connectivity index (χ0) is 17.1. The summed E-state index contributed by atoms with van der Waals surface area (Å²) < 4.78 is 1.76. The van der Waals surface area contributed by atoms with Crippen LogP contribution in [-0.2, 0) is 7.05 Å². The highest BCUT2D eigenvalue weighted by atomic mass is 32.1. The molecule has 0 saturated carbocycles. The van der Waals surface area contributed by atoms with Gasteiger partial charge < -0.3 is 10.2 Å². The maximum Gasteiger partial charge on any atom is 0.266 e. The molecule has 1 fully saturated rings. The highest BCUT2D eigenvalue weighted by molar-refractivity contribution is 7.17. The van der Waals surface area contributed by atoms with Gasteiger partial charge in [-0.1, -0.05) is 6.92 Å². The molecule has 0 aliphatic carbocycles. The van der Waals surface area contributed by atoms with E-state index in [4.69, 9.17) is 0 Å². The minimum absolute atomic E-state index is 0.133. The molecule has 2 aromatic heterocycles. The molecule has 3 heterocycles. The van der Waals surface area contributed by atoms with Gasteiger partial charge in [0.1, 0.15) is 9.88 Å². The maximum absolute atomic E-state index is 13.2. The monoisotopic (exact) mass is 347 g/mol. The Morgan fingerprint density at radius 1 is 1.46 bits per heavy atom. The Balaban J connectivity index is 1.85. The normalized spacial score (nSPS) is 15.6. The zero-order valence-corrected chi connectivity index (χ0v) is 15.4. The molecular weight excluding hydrogens is 322 g/mol. The minimum Gasteiger partial charge on any atom is -0.335 e. The summed E-state index contributed by atoms with van der Waals surface area (Å²) >= 11 is 1.48. The lowest BCUT2D eigenvalue weighted by Gasteiger charge is -2.34. The average molecular weight is 347 g/mol. The molecule has 0 aromatic carbocycles.